The lowest BCUT2D eigenvalue weighted by atomic mass is 9.76. The third-order valence-corrected chi connectivity index (χ3v) is 7.11. The maximum Gasteiger partial charge on any atom is 0.247 e. The first-order chi connectivity index (χ1) is 16.7. The minimum Gasteiger partial charge on any atom is -0.493 e. The van der Waals surface area contributed by atoms with Crippen LogP contribution in [0, 0.1) is 11.8 Å². The molecule has 1 aliphatic carbocycles. The van der Waals surface area contributed by atoms with Crippen molar-refractivity contribution in [3.05, 3.63) is 60.2 Å². The molecule has 8 nitrogen and oxygen atoms in total. The molecule has 1 fully saturated rings. The standard InChI is InChI=1S/C26H31N5O3/c1-33-22-9-8-18(16-23(22)34-2)25-20-6-3-4-7-21(20)26(32)31(29-25)19-10-14-30(15-11-19)17-24-27-12-5-13-28-24/h3-5,8-9,12-13,16,19-21H,6-7,10-11,14-15,17H2,1-2H3/t20-,21+/m0/s1. The van der Waals surface area contributed by atoms with E-state index in [1.54, 1.807) is 31.6 Å². The van der Waals surface area contributed by atoms with E-state index in [1.165, 1.54) is 0 Å². The Bertz CT molecular complexity index is 1080. The van der Waals surface area contributed by atoms with Crippen LogP contribution in [0.5, 0.6) is 11.5 Å². The van der Waals surface area contributed by atoms with Gasteiger partial charge in [0, 0.05) is 37.0 Å². The Morgan fingerprint density at radius 3 is 2.38 bits per heavy atom. The highest BCUT2D eigenvalue weighted by Gasteiger charge is 2.42. The lowest BCUT2D eigenvalue weighted by Crippen LogP contribution is -2.52. The second-order valence-electron chi connectivity index (χ2n) is 9.07. The van der Waals surface area contributed by atoms with Crippen LogP contribution in [-0.2, 0) is 11.3 Å². The van der Waals surface area contributed by atoms with Crippen LogP contribution in [0.3, 0.4) is 0 Å². The Balaban J connectivity index is 1.38. The maximum absolute atomic E-state index is 13.5. The van der Waals surface area contributed by atoms with Crippen molar-refractivity contribution in [1.82, 2.24) is 19.9 Å². The van der Waals surface area contributed by atoms with Crippen LogP contribution in [0.1, 0.15) is 37.1 Å². The number of fused-ring (bicyclic) bond motifs is 1. The second-order valence-corrected chi connectivity index (χ2v) is 9.07. The van der Waals surface area contributed by atoms with E-state index in [-0.39, 0.29) is 23.8 Å². The van der Waals surface area contributed by atoms with Gasteiger partial charge in [-0.1, -0.05) is 12.2 Å². The number of allylic oxidation sites excluding steroid dienone is 2. The molecule has 0 bridgehead atoms. The molecular formula is C26H31N5O3. The summed E-state index contributed by atoms with van der Waals surface area (Å²) in [6.07, 6.45) is 11.2. The number of hydrogen-bond donors (Lipinski definition) is 0. The summed E-state index contributed by atoms with van der Waals surface area (Å²) in [5.41, 5.74) is 1.95. The molecule has 0 unspecified atom stereocenters. The summed E-state index contributed by atoms with van der Waals surface area (Å²) < 4.78 is 11.0. The van der Waals surface area contributed by atoms with Crippen molar-refractivity contribution >= 4 is 11.6 Å². The molecule has 178 valence electrons. The van der Waals surface area contributed by atoms with Crippen LogP contribution in [-0.4, -0.2) is 64.8 Å². The lowest BCUT2D eigenvalue weighted by molar-refractivity contribution is -0.141. The predicted molar refractivity (Wildman–Crippen MR) is 129 cm³/mol. The van der Waals surface area contributed by atoms with E-state index in [2.05, 4.69) is 27.0 Å². The Kier molecular flexibility index (Phi) is 6.58. The Hall–Kier alpha value is -3.26. The molecule has 0 N–H and O–H groups in total. The molecule has 0 radical (unpaired) electrons. The molecule has 34 heavy (non-hydrogen) atoms. The van der Waals surface area contributed by atoms with Gasteiger partial charge in [-0.3, -0.25) is 9.69 Å². The summed E-state index contributed by atoms with van der Waals surface area (Å²) in [6, 6.07) is 7.84. The number of likely N-dealkylation sites (tertiary alicyclic amines) is 1. The predicted octanol–water partition coefficient (Wildman–Crippen LogP) is 3.29. The van der Waals surface area contributed by atoms with Crippen molar-refractivity contribution in [1.29, 1.82) is 0 Å². The SMILES string of the molecule is COc1ccc(C2=NN(C3CCN(Cc4ncccn4)CC3)C(=O)[C@@H]3CC=CC[C@H]23)cc1OC. The van der Waals surface area contributed by atoms with Crippen molar-refractivity contribution in [2.45, 2.75) is 38.3 Å². The Morgan fingerprint density at radius 1 is 0.971 bits per heavy atom. The molecule has 8 heteroatoms. The number of ether oxygens (including phenoxy) is 2. The van der Waals surface area contributed by atoms with Gasteiger partial charge in [-0.05, 0) is 49.9 Å². The normalized spacial score (nSPS) is 23.4. The molecule has 1 saturated heterocycles. The molecular weight excluding hydrogens is 430 g/mol. The zero-order valence-corrected chi connectivity index (χ0v) is 19.8. The van der Waals surface area contributed by atoms with Gasteiger partial charge < -0.3 is 9.47 Å². The van der Waals surface area contributed by atoms with Gasteiger partial charge in [-0.2, -0.15) is 5.10 Å². The molecule has 0 saturated carbocycles. The second kappa shape index (κ2) is 9.93. The smallest absolute Gasteiger partial charge is 0.247 e. The first-order valence-electron chi connectivity index (χ1n) is 11.9. The van der Waals surface area contributed by atoms with E-state index in [1.807, 2.05) is 24.3 Å². The first kappa shape index (κ1) is 22.5. The zero-order chi connectivity index (χ0) is 23.5. The lowest BCUT2D eigenvalue weighted by Gasteiger charge is -2.42. The number of methoxy groups -OCH3 is 2. The van der Waals surface area contributed by atoms with E-state index >= 15 is 0 Å². The Morgan fingerprint density at radius 2 is 1.68 bits per heavy atom. The average molecular weight is 462 g/mol. The van der Waals surface area contributed by atoms with E-state index in [0.717, 1.165) is 62.4 Å². The van der Waals surface area contributed by atoms with Crippen molar-refractivity contribution in [2.24, 2.45) is 16.9 Å². The quantitative estimate of drug-likeness (QED) is 0.614. The van der Waals surface area contributed by atoms with Crippen LogP contribution in [0.2, 0.25) is 0 Å². The van der Waals surface area contributed by atoms with Crippen LogP contribution >= 0.6 is 0 Å². The number of carbonyl (C=O) groups excluding carboxylic acids is 1. The van der Waals surface area contributed by atoms with Gasteiger partial charge in [-0.15, -0.1) is 0 Å². The Labute approximate surface area is 200 Å². The number of aromatic nitrogens is 2. The highest BCUT2D eigenvalue weighted by atomic mass is 16.5. The first-order valence-corrected chi connectivity index (χ1v) is 11.9. The van der Waals surface area contributed by atoms with Crippen molar-refractivity contribution < 1.29 is 14.3 Å². The van der Waals surface area contributed by atoms with Crippen molar-refractivity contribution in [3.63, 3.8) is 0 Å². The van der Waals surface area contributed by atoms with Crippen LogP contribution in [0.15, 0.2) is 53.9 Å². The van der Waals surface area contributed by atoms with Crippen LogP contribution < -0.4 is 9.47 Å². The number of hydrogen-bond acceptors (Lipinski definition) is 7. The highest BCUT2D eigenvalue weighted by molar-refractivity contribution is 6.07. The molecule has 5 rings (SSSR count). The van der Waals surface area contributed by atoms with Gasteiger partial charge in [0.1, 0.15) is 5.82 Å². The van der Waals surface area contributed by atoms with E-state index < -0.39 is 0 Å². The summed E-state index contributed by atoms with van der Waals surface area (Å²) in [5.74, 6) is 2.36. The molecule has 3 aliphatic rings. The van der Waals surface area contributed by atoms with Gasteiger partial charge >= 0.3 is 0 Å². The third-order valence-electron chi connectivity index (χ3n) is 7.11. The van der Waals surface area contributed by atoms with Crippen molar-refractivity contribution in [3.8, 4) is 11.5 Å². The molecule has 0 spiro atoms. The number of rotatable bonds is 6. The topological polar surface area (TPSA) is 80.2 Å². The number of amides is 1. The summed E-state index contributed by atoms with van der Waals surface area (Å²) in [7, 11) is 3.27. The molecule has 1 aromatic heterocycles. The molecule has 2 aromatic rings. The summed E-state index contributed by atoms with van der Waals surface area (Å²) in [5, 5.41) is 6.80. The minimum atomic E-state index is -0.0682. The van der Waals surface area contributed by atoms with Crippen LogP contribution in [0.4, 0.5) is 0 Å². The summed E-state index contributed by atoms with van der Waals surface area (Å²) in [4.78, 5) is 24.6. The maximum atomic E-state index is 13.5. The summed E-state index contributed by atoms with van der Waals surface area (Å²) >= 11 is 0. The van der Waals surface area contributed by atoms with E-state index in [9.17, 15) is 4.79 Å². The number of nitrogens with zero attached hydrogens (tertiary/aromatic N) is 5. The van der Waals surface area contributed by atoms with Gasteiger partial charge in [0.05, 0.1) is 38.4 Å². The average Bonchev–Trinajstić information content (AvgIpc) is 2.90. The monoisotopic (exact) mass is 461 g/mol. The van der Waals surface area contributed by atoms with Crippen molar-refractivity contribution in [2.75, 3.05) is 27.3 Å². The minimum absolute atomic E-state index is 0.0682. The fraction of sp³-hybridized carbons (Fsp3) is 0.462. The molecule has 1 aromatic carbocycles. The van der Waals surface area contributed by atoms with Gasteiger partial charge in [0.15, 0.2) is 11.5 Å². The molecule has 2 atom stereocenters. The van der Waals surface area contributed by atoms with E-state index in [4.69, 9.17) is 14.6 Å². The van der Waals surface area contributed by atoms with E-state index in [0.29, 0.717) is 11.5 Å². The molecule has 3 heterocycles. The van der Waals surface area contributed by atoms with Gasteiger partial charge in [-0.25, -0.2) is 15.0 Å². The highest BCUT2D eigenvalue weighted by Crippen LogP contribution is 2.38. The molecule has 2 aliphatic heterocycles. The fourth-order valence-corrected chi connectivity index (χ4v) is 5.26. The number of hydrazone groups is 1. The largest absolute Gasteiger partial charge is 0.493 e. The summed E-state index contributed by atoms with van der Waals surface area (Å²) in [6.45, 7) is 2.51. The molecule has 1 amide bonds. The van der Waals surface area contributed by atoms with Gasteiger partial charge in [0.2, 0.25) is 5.91 Å². The third kappa shape index (κ3) is 4.42. The van der Waals surface area contributed by atoms with Gasteiger partial charge in [0.25, 0.3) is 0 Å². The fourth-order valence-electron chi connectivity index (χ4n) is 5.26. The van der Waals surface area contributed by atoms with Crippen LogP contribution in [0.25, 0.3) is 0 Å². The zero-order valence-electron chi connectivity index (χ0n) is 19.8. The number of piperidine rings is 1. The number of carbonyl (C=O) groups is 1. The number of benzene rings is 1.